The molecule has 1 aromatic carbocycles. The van der Waals surface area contributed by atoms with E-state index in [-0.39, 0.29) is 48.8 Å². The Kier molecular flexibility index (Phi) is 13.7. The maximum Gasteiger partial charge on any atom is 0.412 e. The van der Waals surface area contributed by atoms with Gasteiger partial charge in [0.05, 0.1) is 62.5 Å². The molecule has 8 nitrogen and oxygen atoms in total. The van der Waals surface area contributed by atoms with E-state index < -0.39 is 11.3 Å². The molecule has 0 spiro atoms. The van der Waals surface area contributed by atoms with E-state index in [0.29, 0.717) is 43.9 Å². The summed E-state index contributed by atoms with van der Waals surface area (Å²) < 4.78 is 37.9. The van der Waals surface area contributed by atoms with E-state index in [4.69, 9.17) is 28.4 Å². The topological polar surface area (TPSA) is 75.7 Å². The first-order chi connectivity index (χ1) is 24.6. The van der Waals surface area contributed by atoms with Gasteiger partial charge < -0.3 is 28.4 Å². The van der Waals surface area contributed by atoms with Gasteiger partial charge in [0, 0.05) is 19.3 Å². The number of hydrogen-bond donors (Lipinski definition) is 0. The second-order valence-electron chi connectivity index (χ2n) is 17.0. The number of hydrogen-bond acceptors (Lipinski definition) is 7. The van der Waals surface area contributed by atoms with E-state index >= 15 is 0 Å². The zero-order valence-electron chi connectivity index (χ0n) is 32.9. The summed E-state index contributed by atoms with van der Waals surface area (Å²) in [6.45, 7) is 28.3. The molecule has 288 valence electrons. The van der Waals surface area contributed by atoms with E-state index in [9.17, 15) is 4.79 Å². The molecule has 4 aliphatic rings. The summed E-state index contributed by atoms with van der Waals surface area (Å²) in [7, 11) is 0. The van der Waals surface area contributed by atoms with Crippen LogP contribution in [-0.2, 0) is 34.8 Å². The Bertz CT molecular complexity index is 1400. The molecular weight excluding hydrogens is 654 g/mol. The normalized spacial score (nSPS) is 33.6. The molecule has 0 saturated carbocycles. The van der Waals surface area contributed by atoms with Crippen LogP contribution in [-0.4, -0.2) is 84.8 Å². The average molecular weight is 720 g/mol. The van der Waals surface area contributed by atoms with E-state index in [2.05, 4.69) is 70.0 Å². The van der Waals surface area contributed by atoms with Crippen molar-refractivity contribution in [2.24, 2.45) is 17.8 Å². The minimum atomic E-state index is -0.760. The molecule has 10 atom stereocenters. The third kappa shape index (κ3) is 10.7. The van der Waals surface area contributed by atoms with Crippen LogP contribution in [0.3, 0.4) is 0 Å². The lowest BCUT2D eigenvalue weighted by molar-refractivity contribution is -0.0949. The molecule has 4 fully saturated rings. The van der Waals surface area contributed by atoms with Crippen LogP contribution < -0.4 is 0 Å². The molecule has 52 heavy (non-hydrogen) atoms. The molecule has 4 saturated heterocycles. The minimum Gasteiger partial charge on any atom is -0.444 e. The van der Waals surface area contributed by atoms with Crippen LogP contribution in [0, 0.1) is 17.8 Å². The highest BCUT2D eigenvalue weighted by Gasteiger charge is 2.49. The predicted octanol–water partition coefficient (Wildman–Crippen LogP) is 9.00. The average Bonchev–Trinajstić information content (AvgIpc) is 3.69. The highest BCUT2D eigenvalue weighted by atomic mass is 16.6. The van der Waals surface area contributed by atoms with Crippen LogP contribution in [0.25, 0.3) is 0 Å². The van der Waals surface area contributed by atoms with E-state index in [0.717, 1.165) is 49.7 Å². The first-order valence-corrected chi connectivity index (χ1v) is 19.5. The van der Waals surface area contributed by atoms with Crippen molar-refractivity contribution in [1.29, 1.82) is 0 Å². The Morgan fingerprint density at radius 2 is 1.73 bits per heavy atom. The summed E-state index contributed by atoms with van der Waals surface area (Å²) >= 11 is 0. The number of ether oxygens (including phenoxy) is 6. The van der Waals surface area contributed by atoms with Crippen LogP contribution in [0.2, 0.25) is 0 Å². The monoisotopic (exact) mass is 719 g/mol. The largest absolute Gasteiger partial charge is 0.444 e. The van der Waals surface area contributed by atoms with Crippen molar-refractivity contribution >= 4 is 6.09 Å². The SMILES string of the molecule is C=CCOC/C=C/[C@H]1CC(=C)C(CC[C@H]2C[C@@H](C)C(=C)C(C[C@@H]3O[C@H](C[C@H]4CN(C(=O)OC(C)(C)C)C(C)(C)O4)[C@H](C)[C@H]3Cc3ccccc3)O2)O1. The van der Waals surface area contributed by atoms with Gasteiger partial charge in [-0.1, -0.05) is 75.6 Å². The Balaban J connectivity index is 1.21. The fourth-order valence-electron chi connectivity index (χ4n) is 8.43. The quantitative estimate of drug-likeness (QED) is 0.140. The van der Waals surface area contributed by atoms with Gasteiger partial charge in [-0.25, -0.2) is 4.79 Å². The molecule has 8 heteroatoms. The number of benzene rings is 1. The third-order valence-electron chi connectivity index (χ3n) is 11.3. The lowest BCUT2D eigenvalue weighted by Gasteiger charge is -2.38. The highest BCUT2D eigenvalue weighted by molar-refractivity contribution is 5.69. The van der Waals surface area contributed by atoms with Crippen molar-refractivity contribution < 1.29 is 33.2 Å². The Labute approximate surface area is 313 Å². The van der Waals surface area contributed by atoms with Crippen molar-refractivity contribution in [3.8, 4) is 0 Å². The third-order valence-corrected chi connectivity index (χ3v) is 11.3. The number of carbonyl (C=O) groups is 1. The van der Waals surface area contributed by atoms with Gasteiger partial charge in [0.15, 0.2) is 0 Å². The van der Waals surface area contributed by atoms with E-state index in [1.165, 1.54) is 5.56 Å². The summed E-state index contributed by atoms with van der Waals surface area (Å²) in [5, 5.41) is 0. The number of nitrogens with zero attached hydrogens (tertiary/aromatic N) is 1. The zero-order chi connectivity index (χ0) is 37.6. The molecule has 2 unspecified atom stereocenters. The van der Waals surface area contributed by atoms with Gasteiger partial charge in [-0.15, -0.1) is 6.58 Å². The van der Waals surface area contributed by atoms with E-state index in [1.807, 2.05) is 40.7 Å². The molecule has 0 bridgehead atoms. The van der Waals surface area contributed by atoms with Crippen LogP contribution in [0.4, 0.5) is 4.79 Å². The fourth-order valence-corrected chi connectivity index (χ4v) is 8.43. The zero-order valence-corrected chi connectivity index (χ0v) is 32.9. The van der Waals surface area contributed by atoms with Crippen molar-refractivity contribution in [1.82, 2.24) is 4.90 Å². The van der Waals surface area contributed by atoms with Gasteiger partial charge in [-0.3, -0.25) is 4.90 Å². The smallest absolute Gasteiger partial charge is 0.412 e. The molecule has 0 radical (unpaired) electrons. The molecular formula is C44H65NO7. The molecule has 4 heterocycles. The fraction of sp³-hybridized carbons (Fsp3) is 0.659. The Hall–Kier alpha value is -2.75. The van der Waals surface area contributed by atoms with Gasteiger partial charge in [0.25, 0.3) is 0 Å². The first kappa shape index (κ1) is 40.4. The standard InChI is InChI=1S/C44H65NO7/c1-11-21-47-22-15-18-34-24-30(3)38(48-34)20-19-35-23-29(2)31(4)40(49-35)27-41-37(25-33-16-13-12-14-17-33)32(5)39(50-41)26-36-28-45(44(9,10)51-36)42(46)52-43(6,7)8/h11-18,29,32,34-41H,1,3-4,19-28H2,2,5-10H3/b18-15+/t29-,32-,34+,35+,36+,37-,38?,39-,40?,41+/m1/s1. The van der Waals surface area contributed by atoms with Crippen molar-refractivity contribution in [3.63, 3.8) is 0 Å². The van der Waals surface area contributed by atoms with Crippen LogP contribution >= 0.6 is 0 Å². The van der Waals surface area contributed by atoms with Crippen molar-refractivity contribution in [2.75, 3.05) is 19.8 Å². The molecule has 1 aromatic rings. The van der Waals surface area contributed by atoms with E-state index in [1.54, 1.807) is 11.0 Å². The van der Waals surface area contributed by atoms with Gasteiger partial charge in [-0.05, 0) is 94.8 Å². The maximum absolute atomic E-state index is 13.1. The minimum absolute atomic E-state index is 0.00484. The molecule has 1 amide bonds. The highest BCUT2D eigenvalue weighted by Crippen LogP contribution is 2.44. The first-order valence-electron chi connectivity index (χ1n) is 19.5. The Morgan fingerprint density at radius 1 is 0.981 bits per heavy atom. The van der Waals surface area contributed by atoms with Crippen molar-refractivity contribution in [2.45, 2.75) is 147 Å². The summed E-state index contributed by atoms with van der Waals surface area (Å²) in [6.07, 6.45) is 11.5. The lowest BCUT2D eigenvalue weighted by atomic mass is 9.79. The number of rotatable bonds is 14. The maximum atomic E-state index is 13.1. The molecule has 0 aromatic heterocycles. The molecule has 4 aliphatic heterocycles. The van der Waals surface area contributed by atoms with Gasteiger partial charge in [-0.2, -0.15) is 0 Å². The summed E-state index contributed by atoms with van der Waals surface area (Å²) in [5.41, 5.74) is 2.29. The van der Waals surface area contributed by atoms with Crippen molar-refractivity contribution in [3.05, 3.63) is 85.0 Å². The van der Waals surface area contributed by atoms with Gasteiger partial charge in [0.1, 0.15) is 11.3 Å². The second-order valence-corrected chi connectivity index (χ2v) is 17.0. The lowest BCUT2D eigenvalue weighted by Crippen LogP contribution is -2.46. The van der Waals surface area contributed by atoms with Gasteiger partial charge in [0.2, 0.25) is 0 Å². The van der Waals surface area contributed by atoms with Crippen LogP contribution in [0.1, 0.15) is 92.6 Å². The van der Waals surface area contributed by atoms with Gasteiger partial charge >= 0.3 is 6.09 Å². The van der Waals surface area contributed by atoms with Crippen LogP contribution in [0.15, 0.2) is 79.4 Å². The summed E-state index contributed by atoms with van der Waals surface area (Å²) in [4.78, 5) is 14.8. The second kappa shape index (κ2) is 17.6. The van der Waals surface area contributed by atoms with Crippen LogP contribution in [0.5, 0.6) is 0 Å². The summed E-state index contributed by atoms with van der Waals surface area (Å²) in [5.74, 6) is 0.953. The molecule has 5 rings (SSSR count). The Morgan fingerprint density at radius 3 is 2.44 bits per heavy atom. The number of amides is 1. The number of carbonyl (C=O) groups excluding carboxylic acids is 1. The molecule has 0 N–H and O–H groups in total. The summed E-state index contributed by atoms with van der Waals surface area (Å²) in [6, 6.07) is 10.7. The predicted molar refractivity (Wildman–Crippen MR) is 206 cm³/mol. The molecule has 0 aliphatic carbocycles.